The first-order valence-corrected chi connectivity index (χ1v) is 9.14. The Bertz CT molecular complexity index is 1040. The monoisotopic (exact) mass is 362 g/mol. The average Bonchev–Trinajstić information content (AvgIpc) is 3.04. The molecule has 1 aromatic carbocycles. The lowest BCUT2D eigenvalue weighted by Crippen LogP contribution is -2.26. The fraction of sp³-hybridized carbons (Fsp3) is 0.267. The Morgan fingerprint density at radius 3 is 2.68 bits per heavy atom. The van der Waals surface area contributed by atoms with Crippen molar-refractivity contribution in [3.8, 4) is 0 Å². The first-order chi connectivity index (χ1) is 12.0. The molecule has 0 aliphatic rings. The summed E-state index contributed by atoms with van der Waals surface area (Å²) in [5, 5.41) is 10.8. The van der Waals surface area contributed by atoms with Gasteiger partial charge >= 0.3 is 0 Å². The third kappa shape index (κ3) is 3.86. The largest absolute Gasteiger partial charge is 0.368 e. The van der Waals surface area contributed by atoms with Crippen LogP contribution in [0.4, 0.5) is 5.82 Å². The molecule has 132 valence electrons. The molecule has 0 unspecified atom stereocenters. The second-order valence-corrected chi connectivity index (χ2v) is 7.22. The van der Waals surface area contributed by atoms with Gasteiger partial charge in [-0.1, -0.05) is 18.2 Å². The lowest BCUT2D eigenvalue weighted by Gasteiger charge is -2.08. The Hall–Kier alpha value is -2.72. The summed E-state index contributed by atoms with van der Waals surface area (Å²) in [6, 6.07) is 7.15. The molecule has 9 nitrogen and oxygen atoms in total. The van der Waals surface area contributed by atoms with Crippen molar-refractivity contribution in [1.82, 2.24) is 24.5 Å². The van der Waals surface area contributed by atoms with Crippen LogP contribution in [0, 0.1) is 0 Å². The van der Waals surface area contributed by atoms with Gasteiger partial charge in [0, 0.05) is 31.7 Å². The maximum Gasteiger partial charge on any atom is 0.272 e. The molecule has 0 atom stereocenters. The van der Waals surface area contributed by atoms with E-state index in [4.69, 9.17) is 0 Å². The molecule has 0 fully saturated rings. The molecule has 0 saturated carbocycles. The van der Waals surface area contributed by atoms with Crippen LogP contribution in [0.2, 0.25) is 0 Å². The van der Waals surface area contributed by atoms with Crippen molar-refractivity contribution in [3.63, 3.8) is 0 Å². The van der Waals surface area contributed by atoms with E-state index >= 15 is 0 Å². The molecule has 2 aromatic heterocycles. The topological polar surface area (TPSA) is 122 Å². The minimum absolute atomic E-state index is 0.00347. The molecule has 2 heterocycles. The summed E-state index contributed by atoms with van der Waals surface area (Å²) in [6.07, 6.45) is 3.42. The van der Waals surface area contributed by atoms with E-state index in [9.17, 15) is 13.2 Å². The van der Waals surface area contributed by atoms with Crippen LogP contribution in [-0.4, -0.2) is 41.3 Å². The van der Waals surface area contributed by atoms with Crippen LogP contribution in [0.1, 0.15) is 6.42 Å². The Morgan fingerprint density at radius 1 is 1.20 bits per heavy atom. The number of sulfonamides is 1. The summed E-state index contributed by atoms with van der Waals surface area (Å²) in [5.41, 5.74) is -0.246. The second-order valence-electron chi connectivity index (χ2n) is 5.50. The Balaban J connectivity index is 1.56. The third-order valence-electron chi connectivity index (χ3n) is 3.59. The van der Waals surface area contributed by atoms with Gasteiger partial charge in [0.15, 0.2) is 10.8 Å². The molecule has 0 amide bonds. The number of benzene rings is 1. The highest BCUT2D eigenvalue weighted by atomic mass is 32.2. The predicted molar refractivity (Wildman–Crippen MR) is 93.9 cm³/mol. The van der Waals surface area contributed by atoms with Crippen LogP contribution < -0.4 is 15.6 Å². The maximum absolute atomic E-state index is 12.0. The van der Waals surface area contributed by atoms with Crippen LogP contribution in [0.5, 0.6) is 0 Å². The van der Waals surface area contributed by atoms with Gasteiger partial charge in [0.1, 0.15) is 0 Å². The van der Waals surface area contributed by atoms with Gasteiger partial charge in [-0.15, -0.1) is 0 Å². The van der Waals surface area contributed by atoms with Gasteiger partial charge < -0.3 is 9.88 Å². The van der Waals surface area contributed by atoms with Crippen molar-refractivity contribution in [2.45, 2.75) is 11.4 Å². The van der Waals surface area contributed by atoms with Gasteiger partial charge in [-0.2, -0.15) is 5.10 Å². The van der Waals surface area contributed by atoms with E-state index in [-0.39, 0.29) is 17.1 Å². The van der Waals surface area contributed by atoms with Gasteiger partial charge in [0.25, 0.3) is 15.6 Å². The summed E-state index contributed by atoms with van der Waals surface area (Å²) in [4.78, 5) is 15.6. The second kappa shape index (κ2) is 7.03. The van der Waals surface area contributed by atoms with Crippen LogP contribution in [0.25, 0.3) is 10.8 Å². The summed E-state index contributed by atoms with van der Waals surface area (Å²) >= 11 is 0. The van der Waals surface area contributed by atoms with E-state index in [2.05, 4.69) is 25.2 Å². The molecule has 0 saturated heterocycles. The van der Waals surface area contributed by atoms with Crippen molar-refractivity contribution in [2.24, 2.45) is 7.05 Å². The highest BCUT2D eigenvalue weighted by Crippen LogP contribution is 2.16. The number of fused-ring (bicyclic) bond motifs is 1. The Kier molecular flexibility index (Phi) is 4.81. The highest BCUT2D eigenvalue weighted by molar-refractivity contribution is 7.89. The lowest BCUT2D eigenvalue weighted by atomic mass is 10.2. The zero-order valence-corrected chi connectivity index (χ0v) is 14.4. The number of hydrogen-bond acceptors (Lipinski definition) is 6. The third-order valence-corrected chi connectivity index (χ3v) is 4.94. The van der Waals surface area contributed by atoms with Crippen LogP contribution in [-0.2, 0) is 17.1 Å². The number of nitrogens with zero attached hydrogens (tertiary/aromatic N) is 3. The number of aryl methyl sites for hydroxylation is 1. The van der Waals surface area contributed by atoms with E-state index in [1.807, 2.05) is 12.1 Å². The summed E-state index contributed by atoms with van der Waals surface area (Å²) in [7, 11) is -1.89. The van der Waals surface area contributed by atoms with Crippen molar-refractivity contribution in [2.75, 3.05) is 18.4 Å². The molecule has 25 heavy (non-hydrogen) atoms. The number of aromatic nitrogens is 4. The van der Waals surface area contributed by atoms with Gasteiger partial charge in [-0.25, -0.2) is 23.2 Å². The number of rotatable bonds is 7. The summed E-state index contributed by atoms with van der Waals surface area (Å²) < 4.78 is 28.1. The summed E-state index contributed by atoms with van der Waals surface area (Å²) in [5.74, 6) is 0.558. The smallest absolute Gasteiger partial charge is 0.272 e. The predicted octanol–water partition coefficient (Wildman–Crippen LogP) is 0.437. The molecule has 0 aliphatic carbocycles. The quantitative estimate of drug-likeness (QED) is 0.524. The molecule has 0 aliphatic heterocycles. The van der Waals surface area contributed by atoms with Gasteiger partial charge in [-0.05, 0) is 12.5 Å². The number of H-pyrrole nitrogens is 1. The van der Waals surface area contributed by atoms with Gasteiger partial charge in [0.05, 0.1) is 11.7 Å². The zero-order chi connectivity index (χ0) is 17.9. The number of imidazole rings is 1. The Morgan fingerprint density at radius 2 is 1.96 bits per heavy atom. The van der Waals surface area contributed by atoms with Crippen molar-refractivity contribution >= 4 is 26.6 Å². The number of nitrogens with one attached hydrogen (secondary N) is 3. The standard InChI is InChI=1S/C15H18N6O3S/c1-21-9-13(17-10-21)25(23,24)18-8-4-7-16-14-11-5-2-3-6-12(11)15(22)20-19-14/h2-3,5-6,9-10,18H,4,7-8H2,1H3,(H,16,19)(H,20,22). The van der Waals surface area contributed by atoms with Gasteiger partial charge in [0.2, 0.25) is 0 Å². The molecule has 3 rings (SSSR count). The fourth-order valence-electron chi connectivity index (χ4n) is 2.35. The van der Waals surface area contributed by atoms with Crippen LogP contribution in [0.3, 0.4) is 0 Å². The van der Waals surface area contributed by atoms with E-state index in [0.717, 1.165) is 5.39 Å². The minimum atomic E-state index is -3.60. The fourth-order valence-corrected chi connectivity index (χ4v) is 3.40. The average molecular weight is 362 g/mol. The van der Waals surface area contributed by atoms with Crippen molar-refractivity contribution in [3.05, 3.63) is 47.1 Å². The molecule has 10 heteroatoms. The molecular formula is C15H18N6O3S. The number of hydrogen-bond donors (Lipinski definition) is 3. The molecule has 0 radical (unpaired) electrons. The minimum Gasteiger partial charge on any atom is -0.368 e. The maximum atomic E-state index is 12.0. The number of anilines is 1. The molecule has 3 N–H and O–H groups in total. The van der Waals surface area contributed by atoms with Gasteiger partial charge in [-0.3, -0.25) is 4.79 Å². The Labute approximate surface area is 144 Å². The van der Waals surface area contributed by atoms with Crippen molar-refractivity contribution < 1.29 is 8.42 Å². The summed E-state index contributed by atoms with van der Waals surface area (Å²) in [6.45, 7) is 0.751. The normalized spacial score (nSPS) is 11.7. The highest BCUT2D eigenvalue weighted by Gasteiger charge is 2.15. The lowest BCUT2D eigenvalue weighted by molar-refractivity contribution is 0.576. The first-order valence-electron chi connectivity index (χ1n) is 7.66. The molecule has 0 bridgehead atoms. The van der Waals surface area contributed by atoms with E-state index in [1.54, 1.807) is 23.7 Å². The van der Waals surface area contributed by atoms with Crippen LogP contribution in [0.15, 0.2) is 46.6 Å². The molecule has 3 aromatic rings. The number of aromatic amines is 1. The van der Waals surface area contributed by atoms with E-state index in [0.29, 0.717) is 24.2 Å². The van der Waals surface area contributed by atoms with E-state index < -0.39 is 10.0 Å². The van der Waals surface area contributed by atoms with Crippen molar-refractivity contribution in [1.29, 1.82) is 0 Å². The first kappa shape index (κ1) is 17.1. The molecular weight excluding hydrogens is 344 g/mol. The van der Waals surface area contributed by atoms with E-state index in [1.165, 1.54) is 12.5 Å². The SMILES string of the molecule is Cn1cnc(S(=O)(=O)NCCCNc2n[nH]c(=O)c3ccccc23)c1. The molecule has 0 spiro atoms. The van der Waals surface area contributed by atoms with Crippen LogP contribution >= 0.6 is 0 Å². The zero-order valence-electron chi connectivity index (χ0n) is 13.6.